The molecule has 5 rings (SSSR count). The summed E-state index contributed by atoms with van der Waals surface area (Å²) < 4.78 is 1.29. The zero-order valence-electron chi connectivity index (χ0n) is 14.6. The number of thiophene rings is 1. The predicted molar refractivity (Wildman–Crippen MR) is 106 cm³/mol. The number of rotatable bonds is 2. The van der Waals surface area contributed by atoms with Crippen LogP contribution in [0.3, 0.4) is 0 Å². The highest BCUT2D eigenvalue weighted by Crippen LogP contribution is 2.36. The number of aromatic nitrogens is 1. The molecule has 1 saturated heterocycles. The van der Waals surface area contributed by atoms with Gasteiger partial charge in [0.2, 0.25) is 0 Å². The molecule has 3 aromatic rings. The maximum Gasteiger partial charge on any atom is 0.0809 e. The van der Waals surface area contributed by atoms with Gasteiger partial charge in [-0.2, -0.15) is 0 Å². The Morgan fingerprint density at radius 1 is 1.12 bits per heavy atom. The Labute approximate surface area is 152 Å². The fraction of sp³-hybridized carbons (Fsp3) is 0.381. The highest BCUT2D eigenvalue weighted by molar-refractivity contribution is 7.17. The molecule has 0 N–H and O–H groups in total. The van der Waals surface area contributed by atoms with Gasteiger partial charge in [-0.3, -0.25) is 4.98 Å². The zero-order chi connectivity index (χ0) is 16.8. The van der Waals surface area contributed by atoms with Crippen molar-refractivity contribution in [2.75, 3.05) is 31.6 Å². The lowest BCUT2D eigenvalue weighted by molar-refractivity contribution is 0.295. The van der Waals surface area contributed by atoms with E-state index in [1.807, 2.05) is 0 Å². The van der Waals surface area contributed by atoms with Gasteiger partial charge in [-0.25, -0.2) is 0 Å². The van der Waals surface area contributed by atoms with Crippen LogP contribution < -0.4 is 4.90 Å². The number of likely N-dealkylation sites (N-methyl/N-ethyl adjacent to an activating group) is 1. The molecule has 0 amide bonds. The van der Waals surface area contributed by atoms with Crippen molar-refractivity contribution in [3.8, 4) is 0 Å². The Morgan fingerprint density at radius 3 is 2.88 bits per heavy atom. The third kappa shape index (κ3) is 2.74. The summed E-state index contributed by atoms with van der Waals surface area (Å²) in [6.07, 6.45) is 4.73. The molecule has 1 atom stereocenters. The average molecular weight is 350 g/mol. The fourth-order valence-electron chi connectivity index (χ4n) is 4.34. The minimum Gasteiger partial charge on any atom is -0.372 e. The van der Waals surface area contributed by atoms with Crippen LogP contribution in [-0.4, -0.2) is 36.6 Å². The Morgan fingerprint density at radius 2 is 2.00 bits per heavy atom. The summed E-state index contributed by atoms with van der Waals surface area (Å²) in [5, 5.41) is 2.13. The first-order valence-corrected chi connectivity index (χ1v) is 10.1. The number of hydrogen-bond donors (Lipinski definition) is 0. The van der Waals surface area contributed by atoms with Crippen LogP contribution in [0.2, 0.25) is 0 Å². The highest BCUT2D eigenvalue weighted by atomic mass is 32.1. The molecule has 0 radical (unpaired) electrons. The molecule has 0 aliphatic carbocycles. The quantitative estimate of drug-likeness (QED) is 0.680. The Hall–Kier alpha value is -1.91. The number of fused-ring (bicyclic) bond motifs is 2. The van der Waals surface area contributed by atoms with E-state index in [4.69, 9.17) is 0 Å². The van der Waals surface area contributed by atoms with Gasteiger partial charge < -0.3 is 9.80 Å². The normalized spacial score (nSPS) is 21.0. The van der Waals surface area contributed by atoms with Crippen LogP contribution >= 0.6 is 11.3 Å². The van der Waals surface area contributed by atoms with Crippen molar-refractivity contribution in [3.05, 3.63) is 58.6 Å². The van der Waals surface area contributed by atoms with Gasteiger partial charge in [0.05, 0.1) is 10.2 Å². The second kappa shape index (κ2) is 6.11. The van der Waals surface area contributed by atoms with Crippen LogP contribution in [0, 0.1) is 0 Å². The third-order valence-electron chi connectivity index (χ3n) is 5.63. The average Bonchev–Trinajstić information content (AvgIpc) is 3.31. The molecule has 0 bridgehead atoms. The largest absolute Gasteiger partial charge is 0.372 e. The lowest BCUT2D eigenvalue weighted by atomic mass is 9.85. The van der Waals surface area contributed by atoms with E-state index in [0.717, 1.165) is 18.6 Å². The minimum atomic E-state index is 0.417. The lowest BCUT2D eigenvalue weighted by Crippen LogP contribution is -2.31. The number of nitrogens with zero attached hydrogens (tertiary/aromatic N) is 3. The van der Waals surface area contributed by atoms with E-state index in [2.05, 4.69) is 63.7 Å². The van der Waals surface area contributed by atoms with E-state index in [-0.39, 0.29) is 0 Å². The molecular weight excluding hydrogens is 326 g/mol. The molecule has 25 heavy (non-hydrogen) atoms. The molecule has 2 aliphatic rings. The second-order valence-electron chi connectivity index (χ2n) is 7.40. The van der Waals surface area contributed by atoms with Crippen molar-refractivity contribution < 1.29 is 0 Å². The van der Waals surface area contributed by atoms with Crippen molar-refractivity contribution in [2.45, 2.75) is 25.3 Å². The molecule has 0 saturated carbocycles. The van der Waals surface area contributed by atoms with Crippen LogP contribution in [0.5, 0.6) is 0 Å². The minimum absolute atomic E-state index is 0.417. The summed E-state index contributed by atoms with van der Waals surface area (Å²) in [5.41, 5.74) is 6.82. The Kier molecular flexibility index (Phi) is 3.75. The molecule has 1 aromatic carbocycles. The monoisotopic (exact) mass is 349 g/mol. The van der Waals surface area contributed by atoms with Gasteiger partial charge in [-0.1, -0.05) is 6.07 Å². The van der Waals surface area contributed by atoms with E-state index in [9.17, 15) is 0 Å². The summed E-state index contributed by atoms with van der Waals surface area (Å²) >= 11 is 1.78. The molecule has 0 spiro atoms. The Balaban J connectivity index is 1.55. The van der Waals surface area contributed by atoms with Crippen molar-refractivity contribution in [1.82, 2.24) is 9.88 Å². The van der Waals surface area contributed by atoms with Crippen LogP contribution in [0.1, 0.15) is 35.4 Å². The van der Waals surface area contributed by atoms with E-state index in [1.54, 1.807) is 11.3 Å². The topological polar surface area (TPSA) is 19.4 Å². The number of hydrogen-bond acceptors (Lipinski definition) is 4. The van der Waals surface area contributed by atoms with Gasteiger partial charge in [0.1, 0.15) is 0 Å². The molecule has 128 valence electrons. The highest BCUT2D eigenvalue weighted by Gasteiger charge is 2.26. The SMILES string of the molecule is CN1Cc2cc(N3CCCC3)ccc2C(c2cnc3ccsc3c2)C1. The molecule has 2 aliphatic heterocycles. The number of benzene rings is 1. The van der Waals surface area contributed by atoms with E-state index in [1.165, 1.54) is 53.0 Å². The van der Waals surface area contributed by atoms with Crippen LogP contribution in [-0.2, 0) is 6.54 Å². The van der Waals surface area contributed by atoms with Gasteiger partial charge >= 0.3 is 0 Å². The molecule has 2 aromatic heterocycles. The molecule has 4 heteroatoms. The standard InChI is InChI=1S/C21H23N3S/c1-23-13-16-10-17(24-7-2-3-8-24)4-5-18(16)19(14-23)15-11-21-20(22-12-15)6-9-25-21/h4-6,9-12,19H,2-3,7-8,13-14H2,1H3. The van der Waals surface area contributed by atoms with Crippen LogP contribution in [0.15, 0.2) is 41.9 Å². The first-order valence-electron chi connectivity index (χ1n) is 9.17. The summed E-state index contributed by atoms with van der Waals surface area (Å²) in [6, 6.07) is 11.6. The van der Waals surface area contributed by atoms with E-state index >= 15 is 0 Å². The third-order valence-corrected chi connectivity index (χ3v) is 6.49. The number of anilines is 1. The van der Waals surface area contributed by atoms with Gasteiger partial charge in [0.15, 0.2) is 0 Å². The maximum absolute atomic E-state index is 4.68. The summed E-state index contributed by atoms with van der Waals surface area (Å²) in [6.45, 7) is 4.52. The van der Waals surface area contributed by atoms with Crippen molar-refractivity contribution in [2.24, 2.45) is 0 Å². The van der Waals surface area contributed by atoms with Gasteiger partial charge in [-0.15, -0.1) is 11.3 Å². The van der Waals surface area contributed by atoms with Gasteiger partial charge in [0, 0.05) is 44.0 Å². The van der Waals surface area contributed by atoms with Gasteiger partial charge in [0.25, 0.3) is 0 Å². The zero-order valence-corrected chi connectivity index (χ0v) is 15.4. The van der Waals surface area contributed by atoms with Crippen molar-refractivity contribution in [3.63, 3.8) is 0 Å². The molecule has 3 nitrogen and oxygen atoms in total. The summed E-state index contributed by atoms with van der Waals surface area (Å²) in [5.74, 6) is 0.417. The van der Waals surface area contributed by atoms with Crippen LogP contribution in [0.4, 0.5) is 5.69 Å². The smallest absolute Gasteiger partial charge is 0.0809 e. The fourth-order valence-corrected chi connectivity index (χ4v) is 5.13. The molecule has 1 fully saturated rings. The summed E-state index contributed by atoms with van der Waals surface area (Å²) in [7, 11) is 2.23. The maximum atomic E-state index is 4.68. The van der Waals surface area contributed by atoms with Crippen molar-refractivity contribution >= 4 is 27.2 Å². The lowest BCUT2D eigenvalue weighted by Gasteiger charge is -2.33. The van der Waals surface area contributed by atoms with Crippen molar-refractivity contribution in [1.29, 1.82) is 0 Å². The van der Waals surface area contributed by atoms with Gasteiger partial charge in [-0.05, 0) is 66.2 Å². The Bertz CT molecular complexity index is 910. The predicted octanol–water partition coefficient (Wildman–Crippen LogP) is 4.47. The van der Waals surface area contributed by atoms with E-state index in [0.29, 0.717) is 5.92 Å². The van der Waals surface area contributed by atoms with E-state index < -0.39 is 0 Å². The number of pyridine rings is 1. The summed E-state index contributed by atoms with van der Waals surface area (Å²) in [4.78, 5) is 9.65. The first kappa shape index (κ1) is 15.4. The molecule has 1 unspecified atom stereocenters. The second-order valence-corrected chi connectivity index (χ2v) is 8.35. The van der Waals surface area contributed by atoms with Crippen LogP contribution in [0.25, 0.3) is 10.2 Å². The molecular formula is C21H23N3S. The first-order chi connectivity index (χ1) is 12.3. The molecule has 4 heterocycles.